The van der Waals surface area contributed by atoms with E-state index in [1.54, 1.807) is 20.8 Å². The number of benzene rings is 1. The lowest BCUT2D eigenvalue weighted by atomic mass is 9.85. The first kappa shape index (κ1) is 30.4. The summed E-state index contributed by atoms with van der Waals surface area (Å²) in [4.78, 5) is 53.1. The zero-order valence-electron chi connectivity index (χ0n) is 23.9. The number of carbonyl (C=O) groups is 4. The fourth-order valence-electron chi connectivity index (χ4n) is 6.10. The SMILES string of the molecule is CC(C)(C)[C@H](NC(=O)C(F)(F)F)C(=O)N1C[C@H]2[C@@H]([C@H]1C(=O)N[C@H](C#Cc1ccccc1)C[C@@H]1CCNC1=O)C2(C)C. The standard InChI is InChI=1S/C30H37F3N4O4/c1-28(2,3)23(36-27(41)30(31,32)33)26(40)37-16-20-21(29(20,4)5)22(37)25(39)35-19(15-18-13-14-34-24(18)38)12-11-17-9-7-6-8-10-17/h6-10,18-23H,13-16H2,1-5H3,(H,34,38)(H,35,39)(H,36,41)/t18-,19+,20-,21-,22-,23+/m0/s1. The molecule has 8 nitrogen and oxygen atoms in total. The molecule has 3 fully saturated rings. The van der Waals surface area contributed by atoms with Crippen molar-refractivity contribution in [2.75, 3.05) is 13.1 Å². The Morgan fingerprint density at radius 3 is 2.34 bits per heavy atom. The number of rotatable bonds is 6. The largest absolute Gasteiger partial charge is 0.471 e. The highest BCUT2D eigenvalue weighted by Gasteiger charge is 2.70. The molecular weight excluding hydrogens is 537 g/mol. The average Bonchev–Trinajstić information content (AvgIpc) is 3.23. The van der Waals surface area contributed by atoms with Crippen molar-refractivity contribution in [1.82, 2.24) is 20.9 Å². The van der Waals surface area contributed by atoms with Crippen LogP contribution in [0.1, 0.15) is 53.0 Å². The molecule has 1 aromatic carbocycles. The topological polar surface area (TPSA) is 108 Å². The van der Waals surface area contributed by atoms with Crippen LogP contribution in [0.4, 0.5) is 13.2 Å². The normalized spacial score (nSPS) is 26.1. The van der Waals surface area contributed by atoms with Crippen LogP contribution in [-0.2, 0) is 19.2 Å². The van der Waals surface area contributed by atoms with E-state index in [1.807, 2.05) is 49.5 Å². The van der Waals surface area contributed by atoms with Crippen molar-refractivity contribution in [3.63, 3.8) is 0 Å². The number of hydrogen-bond donors (Lipinski definition) is 3. The minimum Gasteiger partial charge on any atom is -0.356 e. The third-order valence-electron chi connectivity index (χ3n) is 8.57. The molecule has 2 aliphatic heterocycles. The van der Waals surface area contributed by atoms with Crippen molar-refractivity contribution in [2.24, 2.45) is 28.6 Å². The first-order valence-corrected chi connectivity index (χ1v) is 13.8. The van der Waals surface area contributed by atoms with Gasteiger partial charge < -0.3 is 20.9 Å². The van der Waals surface area contributed by atoms with Gasteiger partial charge in [0, 0.05) is 24.6 Å². The summed E-state index contributed by atoms with van der Waals surface area (Å²) in [6.45, 7) is 9.39. The van der Waals surface area contributed by atoms with E-state index in [0.29, 0.717) is 13.0 Å². The van der Waals surface area contributed by atoms with Gasteiger partial charge in [-0.2, -0.15) is 13.2 Å². The number of hydrogen-bond acceptors (Lipinski definition) is 4. The summed E-state index contributed by atoms with van der Waals surface area (Å²) in [5.41, 5.74) is -0.570. The van der Waals surface area contributed by atoms with E-state index in [2.05, 4.69) is 22.5 Å². The first-order chi connectivity index (χ1) is 19.0. The Kier molecular flexibility index (Phi) is 8.18. The maximum absolute atomic E-state index is 13.9. The van der Waals surface area contributed by atoms with Crippen molar-refractivity contribution < 1.29 is 32.3 Å². The van der Waals surface area contributed by atoms with Crippen LogP contribution in [0.3, 0.4) is 0 Å². The highest BCUT2D eigenvalue weighted by atomic mass is 19.4. The molecule has 3 N–H and O–H groups in total. The maximum atomic E-state index is 13.9. The third-order valence-corrected chi connectivity index (χ3v) is 8.57. The molecule has 4 amide bonds. The molecule has 0 aromatic heterocycles. The Labute approximate surface area is 238 Å². The molecule has 4 rings (SSSR count). The lowest BCUT2D eigenvalue weighted by molar-refractivity contribution is -0.176. The summed E-state index contributed by atoms with van der Waals surface area (Å²) >= 11 is 0. The van der Waals surface area contributed by atoms with Crippen LogP contribution < -0.4 is 16.0 Å². The molecule has 0 unspecified atom stereocenters. The van der Waals surface area contributed by atoms with Crippen molar-refractivity contribution in [3.8, 4) is 11.8 Å². The Bertz CT molecular complexity index is 1260. The number of nitrogens with one attached hydrogen (secondary N) is 3. The van der Waals surface area contributed by atoms with Crippen LogP contribution in [0.15, 0.2) is 30.3 Å². The van der Waals surface area contributed by atoms with Gasteiger partial charge >= 0.3 is 12.1 Å². The summed E-state index contributed by atoms with van der Waals surface area (Å²) in [5, 5.41) is 7.60. The van der Waals surface area contributed by atoms with Crippen molar-refractivity contribution in [3.05, 3.63) is 35.9 Å². The number of likely N-dealkylation sites (tertiary alicyclic amines) is 1. The molecule has 2 heterocycles. The minimum atomic E-state index is -5.16. The van der Waals surface area contributed by atoms with E-state index < -0.39 is 47.4 Å². The fourth-order valence-corrected chi connectivity index (χ4v) is 6.10. The maximum Gasteiger partial charge on any atom is 0.471 e. The third kappa shape index (κ3) is 6.52. The first-order valence-electron chi connectivity index (χ1n) is 13.8. The van der Waals surface area contributed by atoms with Gasteiger partial charge in [0.1, 0.15) is 12.1 Å². The van der Waals surface area contributed by atoms with E-state index in [-0.39, 0.29) is 42.0 Å². The number of carbonyl (C=O) groups excluding carboxylic acids is 4. The van der Waals surface area contributed by atoms with Gasteiger partial charge in [-0.1, -0.05) is 64.7 Å². The van der Waals surface area contributed by atoms with E-state index in [9.17, 15) is 32.3 Å². The quantitative estimate of drug-likeness (QED) is 0.454. The van der Waals surface area contributed by atoms with Crippen molar-refractivity contribution >= 4 is 23.6 Å². The van der Waals surface area contributed by atoms with Crippen molar-refractivity contribution in [2.45, 2.75) is 71.8 Å². The molecule has 0 spiro atoms. The molecule has 222 valence electrons. The molecule has 3 aliphatic rings. The number of amides is 4. The molecule has 2 saturated heterocycles. The number of nitrogens with zero attached hydrogens (tertiary/aromatic N) is 1. The second kappa shape index (κ2) is 11.0. The lowest BCUT2D eigenvalue weighted by Gasteiger charge is -2.38. The molecule has 1 aromatic rings. The molecular formula is C30H37F3N4O4. The molecule has 41 heavy (non-hydrogen) atoms. The molecule has 1 aliphatic carbocycles. The molecule has 0 bridgehead atoms. The molecule has 6 atom stereocenters. The Morgan fingerprint density at radius 1 is 1.12 bits per heavy atom. The van der Waals surface area contributed by atoms with Gasteiger partial charge in [-0.05, 0) is 47.6 Å². The zero-order valence-corrected chi connectivity index (χ0v) is 23.9. The number of fused-ring (bicyclic) bond motifs is 1. The van der Waals surface area contributed by atoms with Gasteiger partial charge in [0.2, 0.25) is 17.7 Å². The predicted octanol–water partition coefficient (Wildman–Crippen LogP) is 2.63. The van der Waals surface area contributed by atoms with Crippen LogP contribution >= 0.6 is 0 Å². The van der Waals surface area contributed by atoms with Crippen LogP contribution in [0.2, 0.25) is 0 Å². The number of halogens is 3. The van der Waals surface area contributed by atoms with Gasteiger partial charge in [-0.25, -0.2) is 0 Å². The summed E-state index contributed by atoms with van der Waals surface area (Å²) < 4.78 is 39.3. The van der Waals surface area contributed by atoms with Crippen LogP contribution in [0.25, 0.3) is 0 Å². The predicted molar refractivity (Wildman–Crippen MR) is 145 cm³/mol. The zero-order chi connectivity index (χ0) is 30.3. The minimum absolute atomic E-state index is 0.0180. The Morgan fingerprint density at radius 2 is 1.78 bits per heavy atom. The van der Waals surface area contributed by atoms with Gasteiger partial charge in [-0.15, -0.1) is 0 Å². The smallest absolute Gasteiger partial charge is 0.356 e. The Hall–Kier alpha value is -3.55. The van der Waals surface area contributed by atoms with Gasteiger partial charge in [0.25, 0.3) is 0 Å². The summed E-state index contributed by atoms with van der Waals surface area (Å²) in [6, 6.07) is 6.03. The fraction of sp³-hybridized carbons (Fsp3) is 0.600. The van der Waals surface area contributed by atoms with E-state index in [1.165, 1.54) is 4.90 Å². The highest BCUT2D eigenvalue weighted by Crippen LogP contribution is 2.65. The summed E-state index contributed by atoms with van der Waals surface area (Å²) in [7, 11) is 0. The molecule has 0 radical (unpaired) electrons. The van der Waals surface area contributed by atoms with E-state index in [0.717, 1.165) is 5.56 Å². The van der Waals surface area contributed by atoms with Gasteiger partial charge in [0.05, 0.1) is 6.04 Å². The highest BCUT2D eigenvalue weighted by molar-refractivity contribution is 5.95. The monoisotopic (exact) mass is 574 g/mol. The van der Waals surface area contributed by atoms with Crippen LogP contribution in [0, 0.1) is 40.4 Å². The van der Waals surface area contributed by atoms with Gasteiger partial charge in [-0.3, -0.25) is 19.2 Å². The second-order valence-electron chi connectivity index (χ2n) is 12.9. The van der Waals surface area contributed by atoms with Crippen molar-refractivity contribution in [1.29, 1.82) is 0 Å². The van der Waals surface area contributed by atoms with Crippen LogP contribution in [-0.4, -0.2) is 65.9 Å². The lowest BCUT2D eigenvalue weighted by Crippen LogP contribution is -2.61. The number of piperidine rings is 1. The second-order valence-corrected chi connectivity index (χ2v) is 12.9. The van der Waals surface area contributed by atoms with Crippen LogP contribution in [0.5, 0.6) is 0 Å². The number of alkyl halides is 3. The molecule has 1 saturated carbocycles. The average molecular weight is 575 g/mol. The van der Waals surface area contributed by atoms with E-state index in [4.69, 9.17) is 0 Å². The Balaban J connectivity index is 1.59. The van der Waals surface area contributed by atoms with E-state index >= 15 is 0 Å². The summed E-state index contributed by atoms with van der Waals surface area (Å²) in [6.07, 6.45) is -4.27. The molecule has 11 heteroatoms. The summed E-state index contributed by atoms with van der Waals surface area (Å²) in [5.74, 6) is 2.03. The van der Waals surface area contributed by atoms with Gasteiger partial charge in [0.15, 0.2) is 0 Å².